The Morgan fingerprint density at radius 1 is 1.23 bits per heavy atom. The van der Waals surface area contributed by atoms with Crippen LogP contribution in [-0.4, -0.2) is 26.4 Å². The SMILES string of the molecule is CC(C1CC2CCC1C2)n1c(SCC(=O)NCc2cccs2)nnc1-c1cccs1. The number of hydrogen-bond acceptors (Lipinski definition) is 6. The average molecular weight is 459 g/mol. The summed E-state index contributed by atoms with van der Waals surface area (Å²) in [5.74, 6) is 3.76. The maximum Gasteiger partial charge on any atom is 0.230 e. The van der Waals surface area contributed by atoms with Gasteiger partial charge < -0.3 is 5.32 Å². The minimum absolute atomic E-state index is 0.0354. The fourth-order valence-corrected chi connectivity index (χ4v) is 7.38. The minimum Gasteiger partial charge on any atom is -0.350 e. The van der Waals surface area contributed by atoms with Gasteiger partial charge in [-0.3, -0.25) is 9.36 Å². The highest BCUT2D eigenvalue weighted by Gasteiger charge is 2.43. The van der Waals surface area contributed by atoms with E-state index in [1.807, 2.05) is 17.5 Å². The molecule has 3 aromatic rings. The third-order valence-corrected chi connectivity index (χ3v) is 9.28. The number of thiophene rings is 2. The van der Waals surface area contributed by atoms with Gasteiger partial charge in [-0.25, -0.2) is 0 Å². The molecule has 4 unspecified atom stereocenters. The molecule has 3 aromatic heterocycles. The summed E-state index contributed by atoms with van der Waals surface area (Å²) in [5.41, 5.74) is 0. The minimum atomic E-state index is 0.0354. The molecule has 158 valence electrons. The molecular weight excluding hydrogens is 432 g/mol. The van der Waals surface area contributed by atoms with Crippen molar-refractivity contribution < 1.29 is 4.79 Å². The molecule has 2 bridgehead atoms. The van der Waals surface area contributed by atoms with E-state index in [4.69, 9.17) is 0 Å². The zero-order valence-electron chi connectivity index (χ0n) is 17.0. The Morgan fingerprint density at radius 3 is 2.80 bits per heavy atom. The van der Waals surface area contributed by atoms with Crippen molar-refractivity contribution in [3.63, 3.8) is 0 Å². The van der Waals surface area contributed by atoms with Crippen molar-refractivity contribution in [1.29, 1.82) is 0 Å². The van der Waals surface area contributed by atoms with Gasteiger partial charge >= 0.3 is 0 Å². The number of nitrogens with zero attached hydrogens (tertiary/aromatic N) is 3. The van der Waals surface area contributed by atoms with Gasteiger partial charge in [0.25, 0.3) is 0 Å². The lowest BCUT2D eigenvalue weighted by molar-refractivity contribution is -0.118. The van der Waals surface area contributed by atoms with Crippen molar-refractivity contribution in [2.24, 2.45) is 17.8 Å². The monoisotopic (exact) mass is 458 g/mol. The molecule has 2 aliphatic carbocycles. The summed E-state index contributed by atoms with van der Waals surface area (Å²) in [6.45, 7) is 2.92. The average Bonchev–Trinajstić information content (AvgIpc) is 3.58. The maximum absolute atomic E-state index is 12.4. The molecule has 0 aliphatic heterocycles. The zero-order valence-corrected chi connectivity index (χ0v) is 19.4. The topological polar surface area (TPSA) is 59.8 Å². The highest BCUT2D eigenvalue weighted by molar-refractivity contribution is 7.99. The molecule has 0 saturated heterocycles. The van der Waals surface area contributed by atoms with E-state index < -0.39 is 0 Å². The Hall–Kier alpha value is -1.64. The molecule has 2 aliphatic rings. The van der Waals surface area contributed by atoms with Crippen LogP contribution >= 0.6 is 34.4 Å². The summed E-state index contributed by atoms with van der Waals surface area (Å²) < 4.78 is 2.31. The Morgan fingerprint density at radius 2 is 2.10 bits per heavy atom. The quantitative estimate of drug-likeness (QED) is 0.455. The second kappa shape index (κ2) is 8.85. The predicted molar refractivity (Wildman–Crippen MR) is 124 cm³/mol. The van der Waals surface area contributed by atoms with Gasteiger partial charge in [-0.15, -0.1) is 32.9 Å². The molecule has 1 N–H and O–H groups in total. The molecule has 0 spiro atoms. The van der Waals surface area contributed by atoms with Crippen molar-refractivity contribution in [3.05, 3.63) is 39.9 Å². The van der Waals surface area contributed by atoms with Gasteiger partial charge in [0.05, 0.1) is 17.2 Å². The molecule has 1 amide bonds. The first-order valence-electron chi connectivity index (χ1n) is 10.6. The summed E-state index contributed by atoms with van der Waals surface area (Å²) in [4.78, 5) is 14.7. The van der Waals surface area contributed by atoms with Crippen molar-refractivity contribution >= 4 is 40.3 Å². The van der Waals surface area contributed by atoms with Gasteiger partial charge in [0.15, 0.2) is 11.0 Å². The van der Waals surface area contributed by atoms with Crippen molar-refractivity contribution in [2.75, 3.05) is 5.75 Å². The van der Waals surface area contributed by atoms with Gasteiger partial charge in [0.2, 0.25) is 5.91 Å². The molecule has 2 saturated carbocycles. The van der Waals surface area contributed by atoms with E-state index in [9.17, 15) is 4.79 Å². The molecule has 0 radical (unpaired) electrons. The van der Waals surface area contributed by atoms with Crippen LogP contribution in [0.3, 0.4) is 0 Å². The first-order valence-corrected chi connectivity index (χ1v) is 13.3. The first-order chi connectivity index (χ1) is 14.7. The van der Waals surface area contributed by atoms with E-state index in [2.05, 4.69) is 44.5 Å². The van der Waals surface area contributed by atoms with Gasteiger partial charge in [-0.1, -0.05) is 30.3 Å². The van der Waals surface area contributed by atoms with E-state index in [1.54, 1.807) is 22.7 Å². The van der Waals surface area contributed by atoms with Crippen LogP contribution in [0.2, 0.25) is 0 Å². The lowest BCUT2D eigenvalue weighted by Crippen LogP contribution is -2.25. The molecule has 5 rings (SSSR count). The summed E-state index contributed by atoms with van der Waals surface area (Å²) >= 11 is 4.86. The van der Waals surface area contributed by atoms with Gasteiger partial charge in [0.1, 0.15) is 0 Å². The molecule has 30 heavy (non-hydrogen) atoms. The van der Waals surface area contributed by atoms with Crippen molar-refractivity contribution in [2.45, 2.75) is 50.4 Å². The summed E-state index contributed by atoms with van der Waals surface area (Å²) in [5, 5.41) is 17.0. The Labute approximate surface area is 189 Å². The van der Waals surface area contributed by atoms with Crippen LogP contribution in [0.1, 0.15) is 43.5 Å². The zero-order chi connectivity index (χ0) is 20.5. The highest BCUT2D eigenvalue weighted by Crippen LogP contribution is 2.53. The lowest BCUT2D eigenvalue weighted by atomic mass is 9.84. The molecule has 5 nitrogen and oxygen atoms in total. The van der Waals surface area contributed by atoms with Crippen molar-refractivity contribution in [3.8, 4) is 10.7 Å². The third kappa shape index (κ3) is 4.09. The molecule has 8 heteroatoms. The fraction of sp³-hybridized carbons (Fsp3) is 0.500. The Balaban J connectivity index is 1.32. The number of hydrogen-bond donors (Lipinski definition) is 1. The van der Waals surface area contributed by atoms with Crippen LogP contribution in [0.5, 0.6) is 0 Å². The van der Waals surface area contributed by atoms with Crippen LogP contribution in [0.25, 0.3) is 10.7 Å². The van der Waals surface area contributed by atoms with Crippen LogP contribution in [0.15, 0.2) is 40.2 Å². The fourth-order valence-electron chi connectivity index (χ4n) is 5.17. The van der Waals surface area contributed by atoms with E-state index in [1.165, 1.54) is 42.3 Å². The Kier molecular flexibility index (Phi) is 5.98. The van der Waals surface area contributed by atoms with Crippen molar-refractivity contribution in [1.82, 2.24) is 20.1 Å². The standard InChI is InChI=1S/C22H26N4OS3/c1-14(18-11-15-6-7-16(18)10-15)26-21(19-5-3-9-29-19)24-25-22(26)30-13-20(27)23-12-17-4-2-8-28-17/h2-5,8-9,14-16,18H,6-7,10-13H2,1H3,(H,23,27). The van der Waals surface area contributed by atoms with Crippen LogP contribution in [0, 0.1) is 17.8 Å². The van der Waals surface area contributed by atoms with Crippen LogP contribution in [0.4, 0.5) is 0 Å². The Bertz CT molecular complexity index is 982. The van der Waals surface area contributed by atoms with E-state index in [0.29, 0.717) is 24.3 Å². The number of fused-ring (bicyclic) bond motifs is 2. The predicted octanol–water partition coefficient (Wildman–Crippen LogP) is 5.47. The molecule has 2 fully saturated rings. The van der Waals surface area contributed by atoms with Gasteiger partial charge in [-0.05, 0) is 66.8 Å². The second-order valence-electron chi connectivity index (χ2n) is 8.38. The second-order valence-corrected chi connectivity index (χ2v) is 11.3. The van der Waals surface area contributed by atoms with E-state index >= 15 is 0 Å². The molecular formula is C22H26N4OS3. The van der Waals surface area contributed by atoms with E-state index in [-0.39, 0.29) is 5.91 Å². The lowest BCUT2D eigenvalue weighted by Gasteiger charge is -2.30. The normalized spacial score (nSPS) is 23.7. The largest absolute Gasteiger partial charge is 0.350 e. The van der Waals surface area contributed by atoms with Crippen LogP contribution < -0.4 is 5.32 Å². The number of nitrogens with one attached hydrogen (secondary N) is 1. The smallest absolute Gasteiger partial charge is 0.230 e. The highest BCUT2D eigenvalue weighted by atomic mass is 32.2. The molecule has 3 heterocycles. The van der Waals surface area contributed by atoms with E-state index in [0.717, 1.165) is 27.7 Å². The van der Waals surface area contributed by atoms with Gasteiger partial charge in [-0.2, -0.15) is 0 Å². The maximum atomic E-state index is 12.4. The number of aromatic nitrogens is 3. The summed E-state index contributed by atoms with van der Waals surface area (Å²) in [6, 6.07) is 8.57. The number of carbonyl (C=O) groups is 1. The number of thioether (sulfide) groups is 1. The van der Waals surface area contributed by atoms with Crippen LogP contribution in [-0.2, 0) is 11.3 Å². The first kappa shape index (κ1) is 20.3. The summed E-state index contributed by atoms with van der Waals surface area (Å²) in [7, 11) is 0. The van der Waals surface area contributed by atoms with Gasteiger partial charge in [0, 0.05) is 10.9 Å². The third-order valence-electron chi connectivity index (χ3n) is 6.60. The molecule has 0 aromatic carbocycles. The number of carbonyl (C=O) groups excluding carboxylic acids is 1. The summed E-state index contributed by atoms with van der Waals surface area (Å²) in [6.07, 6.45) is 5.47. The number of amides is 1. The number of rotatable bonds is 8. The molecule has 4 atom stereocenters.